The predicted molar refractivity (Wildman–Crippen MR) is 88.1 cm³/mol. The number of carbonyl (C=O) groups excluding carboxylic acids is 2. The van der Waals surface area contributed by atoms with E-state index in [1.165, 1.54) is 0 Å². The molecule has 2 amide bonds. The minimum absolute atomic E-state index is 0.135. The van der Waals surface area contributed by atoms with Gasteiger partial charge in [0.15, 0.2) is 0 Å². The number of nitrogens with one attached hydrogen (secondary N) is 2. The van der Waals surface area contributed by atoms with Gasteiger partial charge in [0.25, 0.3) is 11.8 Å². The van der Waals surface area contributed by atoms with Crippen molar-refractivity contribution in [3.8, 4) is 0 Å². The van der Waals surface area contributed by atoms with Gasteiger partial charge in [-0.25, -0.2) is 0 Å². The van der Waals surface area contributed by atoms with Crippen molar-refractivity contribution in [2.75, 3.05) is 6.54 Å². The summed E-state index contributed by atoms with van der Waals surface area (Å²) in [6.45, 7) is 2.22. The van der Waals surface area contributed by atoms with Gasteiger partial charge in [0.05, 0.1) is 6.10 Å². The highest BCUT2D eigenvalue weighted by molar-refractivity contribution is 5.94. The van der Waals surface area contributed by atoms with Crippen LogP contribution in [0.5, 0.6) is 0 Å². The number of aliphatic hydroxyl groups is 1. The lowest BCUT2D eigenvalue weighted by molar-refractivity contribution is 0.0922. The zero-order valence-corrected chi connectivity index (χ0v) is 13.0. The summed E-state index contributed by atoms with van der Waals surface area (Å²) in [7, 11) is 0. The van der Waals surface area contributed by atoms with Gasteiger partial charge < -0.3 is 15.7 Å². The smallest absolute Gasteiger partial charge is 0.251 e. The number of benzene rings is 2. The van der Waals surface area contributed by atoms with Crippen molar-refractivity contribution >= 4 is 11.8 Å². The van der Waals surface area contributed by atoms with Crippen molar-refractivity contribution in [3.63, 3.8) is 0 Å². The third kappa shape index (κ3) is 5.23. The number of hydrogen-bond donors (Lipinski definition) is 3. The summed E-state index contributed by atoms with van der Waals surface area (Å²) in [6.07, 6.45) is -0.577. The van der Waals surface area contributed by atoms with E-state index >= 15 is 0 Å². The van der Waals surface area contributed by atoms with Crippen LogP contribution in [0.2, 0.25) is 0 Å². The highest BCUT2D eigenvalue weighted by atomic mass is 16.3. The molecule has 0 aliphatic heterocycles. The van der Waals surface area contributed by atoms with Crippen LogP contribution in [0.3, 0.4) is 0 Å². The lowest BCUT2D eigenvalue weighted by Crippen LogP contribution is -2.30. The van der Waals surface area contributed by atoms with Crippen molar-refractivity contribution in [1.82, 2.24) is 10.6 Å². The second-order valence-electron chi connectivity index (χ2n) is 5.30. The molecule has 0 heterocycles. The number of hydrogen-bond acceptors (Lipinski definition) is 3. The molecule has 0 spiro atoms. The molecular formula is C18H20N2O3. The molecule has 23 heavy (non-hydrogen) atoms. The molecule has 0 saturated carbocycles. The number of rotatable bonds is 6. The van der Waals surface area contributed by atoms with E-state index in [1.807, 2.05) is 18.2 Å². The minimum atomic E-state index is -0.577. The topological polar surface area (TPSA) is 78.4 Å². The molecule has 1 unspecified atom stereocenters. The van der Waals surface area contributed by atoms with Crippen molar-refractivity contribution in [2.24, 2.45) is 0 Å². The number of aliphatic hydroxyl groups excluding tert-OH is 1. The first-order chi connectivity index (χ1) is 11.1. The van der Waals surface area contributed by atoms with Crippen molar-refractivity contribution in [2.45, 2.75) is 19.6 Å². The molecule has 1 atom stereocenters. The van der Waals surface area contributed by atoms with Gasteiger partial charge in [0.1, 0.15) is 0 Å². The van der Waals surface area contributed by atoms with Gasteiger partial charge in [0.2, 0.25) is 0 Å². The predicted octanol–water partition coefficient (Wildman–Crippen LogP) is 1.73. The first-order valence-corrected chi connectivity index (χ1v) is 7.44. The minimum Gasteiger partial charge on any atom is -0.392 e. The maximum atomic E-state index is 11.9. The van der Waals surface area contributed by atoms with Crippen LogP contribution in [-0.2, 0) is 6.54 Å². The summed E-state index contributed by atoms with van der Waals surface area (Å²) in [5.74, 6) is -0.366. The van der Waals surface area contributed by atoms with Gasteiger partial charge in [-0.1, -0.05) is 30.3 Å². The van der Waals surface area contributed by atoms with Gasteiger partial charge in [-0.05, 0) is 36.8 Å². The molecule has 2 aromatic rings. The third-order valence-electron chi connectivity index (χ3n) is 3.26. The fraction of sp³-hybridized carbons (Fsp3) is 0.222. The third-order valence-corrected chi connectivity index (χ3v) is 3.26. The summed E-state index contributed by atoms with van der Waals surface area (Å²) < 4.78 is 0. The molecule has 5 nitrogen and oxygen atoms in total. The van der Waals surface area contributed by atoms with Crippen molar-refractivity contribution in [1.29, 1.82) is 0 Å². The Morgan fingerprint density at radius 1 is 0.913 bits per heavy atom. The summed E-state index contributed by atoms with van der Waals surface area (Å²) >= 11 is 0. The average Bonchev–Trinajstić information content (AvgIpc) is 2.58. The summed E-state index contributed by atoms with van der Waals surface area (Å²) in [4.78, 5) is 23.8. The van der Waals surface area contributed by atoms with Crippen LogP contribution in [0.15, 0.2) is 54.6 Å². The van der Waals surface area contributed by atoms with Crippen molar-refractivity contribution < 1.29 is 14.7 Å². The van der Waals surface area contributed by atoms with Crippen LogP contribution < -0.4 is 10.6 Å². The van der Waals surface area contributed by atoms with Crippen LogP contribution in [0, 0.1) is 0 Å². The Labute approximate surface area is 135 Å². The molecule has 0 aliphatic carbocycles. The molecule has 0 bridgehead atoms. The maximum Gasteiger partial charge on any atom is 0.251 e. The molecule has 0 saturated heterocycles. The quantitative estimate of drug-likeness (QED) is 0.760. The Morgan fingerprint density at radius 3 is 2.09 bits per heavy atom. The van der Waals surface area contributed by atoms with Crippen LogP contribution in [0.1, 0.15) is 33.2 Å². The van der Waals surface area contributed by atoms with Gasteiger partial charge in [-0.15, -0.1) is 0 Å². The Bertz CT molecular complexity index is 652. The monoisotopic (exact) mass is 312 g/mol. The zero-order chi connectivity index (χ0) is 16.7. The van der Waals surface area contributed by atoms with Crippen LogP contribution >= 0.6 is 0 Å². The second kappa shape index (κ2) is 8.10. The van der Waals surface area contributed by atoms with E-state index in [1.54, 1.807) is 43.3 Å². The van der Waals surface area contributed by atoms with Gasteiger partial charge in [-0.3, -0.25) is 9.59 Å². The first kappa shape index (κ1) is 16.7. The van der Waals surface area contributed by atoms with E-state index in [9.17, 15) is 9.59 Å². The highest BCUT2D eigenvalue weighted by Gasteiger charge is 2.07. The second-order valence-corrected chi connectivity index (χ2v) is 5.30. The standard InChI is InChI=1S/C18H20N2O3/c1-13(21)11-19-18(23)16-9-7-14(8-10-16)12-20-17(22)15-5-3-2-4-6-15/h2-10,13,21H,11-12H2,1H3,(H,19,23)(H,20,22). The van der Waals surface area contributed by atoms with Crippen LogP contribution in [-0.4, -0.2) is 29.6 Å². The normalized spacial score (nSPS) is 11.6. The van der Waals surface area contributed by atoms with E-state index < -0.39 is 6.10 Å². The van der Waals surface area contributed by atoms with Gasteiger partial charge in [0, 0.05) is 24.2 Å². The van der Waals surface area contributed by atoms with Gasteiger partial charge >= 0.3 is 0 Å². The molecule has 0 aliphatic rings. The van der Waals surface area contributed by atoms with Gasteiger partial charge in [-0.2, -0.15) is 0 Å². The van der Waals surface area contributed by atoms with Crippen LogP contribution in [0.25, 0.3) is 0 Å². The summed E-state index contributed by atoms with van der Waals surface area (Å²) in [5, 5.41) is 14.6. The zero-order valence-electron chi connectivity index (χ0n) is 13.0. The molecule has 120 valence electrons. The van der Waals surface area contributed by atoms with E-state index in [0.717, 1.165) is 5.56 Å². The van der Waals surface area contributed by atoms with Crippen molar-refractivity contribution in [3.05, 3.63) is 71.3 Å². The Morgan fingerprint density at radius 2 is 1.48 bits per heavy atom. The Kier molecular flexibility index (Phi) is 5.88. The molecular weight excluding hydrogens is 292 g/mol. The number of amides is 2. The fourth-order valence-electron chi connectivity index (χ4n) is 1.99. The molecule has 0 aromatic heterocycles. The molecule has 3 N–H and O–H groups in total. The molecule has 0 fully saturated rings. The Hall–Kier alpha value is -2.66. The molecule has 5 heteroatoms. The maximum absolute atomic E-state index is 11.9. The summed E-state index contributed by atoms with van der Waals surface area (Å²) in [5.41, 5.74) is 2.03. The molecule has 2 rings (SSSR count). The lowest BCUT2D eigenvalue weighted by atomic mass is 10.1. The van der Waals surface area contributed by atoms with E-state index in [0.29, 0.717) is 17.7 Å². The largest absolute Gasteiger partial charge is 0.392 e. The summed E-state index contributed by atoms with van der Waals surface area (Å²) in [6, 6.07) is 16.0. The fourth-order valence-corrected chi connectivity index (χ4v) is 1.99. The average molecular weight is 312 g/mol. The van der Waals surface area contributed by atoms with E-state index in [4.69, 9.17) is 5.11 Å². The van der Waals surface area contributed by atoms with E-state index in [2.05, 4.69) is 10.6 Å². The van der Waals surface area contributed by atoms with Crippen LogP contribution in [0.4, 0.5) is 0 Å². The highest BCUT2D eigenvalue weighted by Crippen LogP contribution is 2.05. The molecule has 2 aromatic carbocycles. The number of carbonyl (C=O) groups is 2. The Balaban J connectivity index is 1.88. The molecule has 0 radical (unpaired) electrons. The lowest BCUT2D eigenvalue weighted by Gasteiger charge is -2.08. The first-order valence-electron chi connectivity index (χ1n) is 7.44. The van der Waals surface area contributed by atoms with E-state index in [-0.39, 0.29) is 18.4 Å². The SMILES string of the molecule is CC(O)CNC(=O)c1ccc(CNC(=O)c2ccccc2)cc1.